The minimum Gasteiger partial charge on any atom is -0.396 e. The predicted octanol–water partition coefficient (Wildman–Crippen LogP) is 1.22. The van der Waals surface area contributed by atoms with Crippen LogP contribution in [-0.4, -0.2) is 19.7 Å². The molecule has 4 nitrogen and oxygen atoms in total. The predicted molar refractivity (Wildman–Crippen MR) is 59.3 cm³/mol. The summed E-state index contributed by atoms with van der Waals surface area (Å²) in [6, 6.07) is 7.02. The molecule has 0 radical (unpaired) electrons. The maximum absolute atomic E-state index is 11.6. The van der Waals surface area contributed by atoms with Gasteiger partial charge in [-0.3, -0.25) is 4.98 Å². The lowest BCUT2D eigenvalue weighted by molar-refractivity contribution is 0.603. The lowest BCUT2D eigenvalue weighted by Gasteiger charge is -2.06. The van der Waals surface area contributed by atoms with E-state index in [0.717, 1.165) is 6.26 Å². The van der Waals surface area contributed by atoms with Crippen LogP contribution in [0.2, 0.25) is 0 Å². The second kappa shape index (κ2) is 3.20. The summed E-state index contributed by atoms with van der Waals surface area (Å²) in [5, 5.41) is 0.569. The fourth-order valence-electron chi connectivity index (χ4n) is 1.55. The number of rotatable bonds is 1. The third-order valence-electron chi connectivity index (χ3n) is 2.12. The highest BCUT2D eigenvalue weighted by atomic mass is 32.2. The molecule has 1 aromatic heterocycles. The van der Waals surface area contributed by atoms with Crippen LogP contribution in [0.4, 0.5) is 5.69 Å². The second-order valence-electron chi connectivity index (χ2n) is 3.33. The summed E-state index contributed by atoms with van der Waals surface area (Å²) in [5.74, 6) is 0. The van der Waals surface area contributed by atoms with E-state index in [4.69, 9.17) is 5.73 Å². The maximum Gasteiger partial charge on any atom is 0.178 e. The Morgan fingerprint density at radius 3 is 2.60 bits per heavy atom. The van der Waals surface area contributed by atoms with Crippen molar-refractivity contribution in [2.24, 2.45) is 0 Å². The third kappa shape index (κ3) is 1.66. The van der Waals surface area contributed by atoms with Crippen molar-refractivity contribution in [1.29, 1.82) is 0 Å². The van der Waals surface area contributed by atoms with Gasteiger partial charge >= 0.3 is 0 Å². The van der Waals surface area contributed by atoms with Crippen LogP contribution >= 0.6 is 0 Å². The Morgan fingerprint density at radius 1 is 1.27 bits per heavy atom. The van der Waals surface area contributed by atoms with E-state index in [1.807, 2.05) is 0 Å². The molecule has 0 spiro atoms. The molecular weight excluding hydrogens is 212 g/mol. The summed E-state index contributed by atoms with van der Waals surface area (Å²) in [4.78, 5) is 4.23. The van der Waals surface area contributed by atoms with Crippen molar-refractivity contribution in [1.82, 2.24) is 4.98 Å². The summed E-state index contributed by atoms with van der Waals surface area (Å²) >= 11 is 0. The SMILES string of the molecule is CS(=O)(=O)c1c(N)cnc2ccccc12. The summed E-state index contributed by atoms with van der Waals surface area (Å²) in [6.45, 7) is 0. The van der Waals surface area contributed by atoms with Gasteiger partial charge < -0.3 is 5.73 Å². The molecule has 2 rings (SSSR count). The monoisotopic (exact) mass is 222 g/mol. The molecular formula is C10H10N2O2S. The molecule has 0 amide bonds. The van der Waals surface area contributed by atoms with Gasteiger partial charge in [-0.15, -0.1) is 0 Å². The number of nitrogens with two attached hydrogens (primary N) is 1. The summed E-state index contributed by atoms with van der Waals surface area (Å²) in [5.41, 5.74) is 6.45. The number of benzene rings is 1. The van der Waals surface area contributed by atoms with Crippen molar-refractivity contribution in [3.63, 3.8) is 0 Å². The van der Waals surface area contributed by atoms with Gasteiger partial charge in [0.05, 0.1) is 17.4 Å². The van der Waals surface area contributed by atoms with E-state index in [-0.39, 0.29) is 10.6 Å². The topological polar surface area (TPSA) is 73.0 Å². The smallest absolute Gasteiger partial charge is 0.178 e. The van der Waals surface area contributed by atoms with Gasteiger partial charge in [0.15, 0.2) is 9.84 Å². The van der Waals surface area contributed by atoms with Gasteiger partial charge in [-0.25, -0.2) is 8.42 Å². The van der Waals surface area contributed by atoms with Gasteiger partial charge in [-0.2, -0.15) is 0 Å². The Bertz CT molecular complexity index is 620. The van der Waals surface area contributed by atoms with E-state index in [9.17, 15) is 8.42 Å². The van der Waals surface area contributed by atoms with Crippen LogP contribution in [0.3, 0.4) is 0 Å². The molecule has 0 unspecified atom stereocenters. The van der Waals surface area contributed by atoms with Gasteiger partial charge in [0.1, 0.15) is 4.90 Å². The van der Waals surface area contributed by atoms with Crippen LogP contribution < -0.4 is 5.73 Å². The van der Waals surface area contributed by atoms with Crippen LogP contribution in [0.15, 0.2) is 35.4 Å². The highest BCUT2D eigenvalue weighted by Crippen LogP contribution is 2.26. The van der Waals surface area contributed by atoms with E-state index < -0.39 is 9.84 Å². The third-order valence-corrected chi connectivity index (χ3v) is 3.32. The highest BCUT2D eigenvalue weighted by Gasteiger charge is 2.15. The standard InChI is InChI=1S/C10H10N2O2S/c1-15(13,14)10-7-4-2-3-5-9(7)12-6-8(10)11/h2-6H,11H2,1H3. The number of nitrogen functional groups attached to an aromatic ring is 1. The largest absolute Gasteiger partial charge is 0.396 e. The molecule has 0 aliphatic rings. The van der Waals surface area contributed by atoms with E-state index in [1.54, 1.807) is 24.3 Å². The van der Waals surface area contributed by atoms with E-state index in [2.05, 4.69) is 4.98 Å². The number of anilines is 1. The minimum absolute atomic E-state index is 0.160. The lowest BCUT2D eigenvalue weighted by atomic mass is 10.2. The van der Waals surface area contributed by atoms with Crippen LogP contribution in [0.25, 0.3) is 10.9 Å². The number of para-hydroxylation sites is 1. The Balaban J connectivity index is 2.99. The highest BCUT2D eigenvalue weighted by molar-refractivity contribution is 7.91. The molecule has 2 aromatic rings. The lowest BCUT2D eigenvalue weighted by Crippen LogP contribution is -2.04. The molecule has 78 valence electrons. The van der Waals surface area contributed by atoms with E-state index >= 15 is 0 Å². The molecule has 0 bridgehead atoms. The van der Waals surface area contributed by atoms with Crippen molar-refractivity contribution in [2.45, 2.75) is 4.90 Å². The first-order chi connectivity index (χ1) is 7.00. The normalized spacial score (nSPS) is 11.8. The van der Waals surface area contributed by atoms with E-state index in [1.165, 1.54) is 6.20 Å². The number of aromatic nitrogens is 1. The summed E-state index contributed by atoms with van der Waals surface area (Å²) in [7, 11) is -3.33. The minimum atomic E-state index is -3.33. The number of nitrogens with zero attached hydrogens (tertiary/aromatic N) is 1. The Kier molecular flexibility index (Phi) is 2.12. The zero-order valence-corrected chi connectivity index (χ0v) is 8.95. The first-order valence-electron chi connectivity index (χ1n) is 4.33. The molecule has 0 saturated carbocycles. The molecule has 0 fully saturated rings. The summed E-state index contributed by atoms with van der Waals surface area (Å²) in [6.07, 6.45) is 2.52. The van der Waals surface area contributed by atoms with Gasteiger partial charge in [-0.1, -0.05) is 18.2 Å². The molecule has 5 heteroatoms. The number of hydrogen-bond donors (Lipinski definition) is 1. The first kappa shape index (κ1) is 9.92. The molecule has 2 N–H and O–H groups in total. The molecule has 0 saturated heterocycles. The summed E-state index contributed by atoms with van der Waals surface area (Å²) < 4.78 is 23.1. The first-order valence-corrected chi connectivity index (χ1v) is 6.22. The maximum atomic E-state index is 11.6. The second-order valence-corrected chi connectivity index (χ2v) is 5.28. The average molecular weight is 222 g/mol. The van der Waals surface area contributed by atoms with Crippen molar-refractivity contribution in [3.05, 3.63) is 30.5 Å². The van der Waals surface area contributed by atoms with Gasteiger partial charge in [0.2, 0.25) is 0 Å². The number of pyridine rings is 1. The quantitative estimate of drug-likeness (QED) is 0.787. The number of fused-ring (bicyclic) bond motifs is 1. The Hall–Kier alpha value is -1.62. The van der Waals surface area contributed by atoms with Crippen LogP contribution in [0.1, 0.15) is 0 Å². The average Bonchev–Trinajstić information content (AvgIpc) is 2.15. The van der Waals surface area contributed by atoms with Crippen LogP contribution in [-0.2, 0) is 9.84 Å². The van der Waals surface area contributed by atoms with Crippen molar-refractivity contribution in [2.75, 3.05) is 12.0 Å². The van der Waals surface area contributed by atoms with Crippen LogP contribution in [0, 0.1) is 0 Å². The van der Waals surface area contributed by atoms with E-state index in [0.29, 0.717) is 10.9 Å². The molecule has 1 heterocycles. The van der Waals surface area contributed by atoms with Crippen LogP contribution in [0.5, 0.6) is 0 Å². The Morgan fingerprint density at radius 2 is 1.93 bits per heavy atom. The molecule has 1 aromatic carbocycles. The van der Waals surface area contributed by atoms with Crippen molar-refractivity contribution >= 4 is 26.4 Å². The molecule has 15 heavy (non-hydrogen) atoms. The van der Waals surface area contributed by atoms with Gasteiger partial charge in [0.25, 0.3) is 0 Å². The zero-order valence-electron chi connectivity index (χ0n) is 8.14. The van der Waals surface area contributed by atoms with Gasteiger partial charge in [0, 0.05) is 11.6 Å². The number of hydrogen-bond acceptors (Lipinski definition) is 4. The molecule has 0 aliphatic heterocycles. The van der Waals surface area contributed by atoms with Crippen molar-refractivity contribution in [3.8, 4) is 0 Å². The van der Waals surface area contributed by atoms with Gasteiger partial charge in [-0.05, 0) is 6.07 Å². The fourth-order valence-corrected chi connectivity index (χ4v) is 2.60. The Labute approximate surface area is 87.7 Å². The number of sulfone groups is 1. The fraction of sp³-hybridized carbons (Fsp3) is 0.100. The van der Waals surface area contributed by atoms with Crippen molar-refractivity contribution < 1.29 is 8.42 Å². The molecule has 0 atom stereocenters. The molecule has 0 aliphatic carbocycles. The zero-order chi connectivity index (χ0) is 11.1.